The van der Waals surface area contributed by atoms with Crippen molar-refractivity contribution < 1.29 is 4.79 Å². The van der Waals surface area contributed by atoms with E-state index in [1.165, 1.54) is 24.2 Å². The van der Waals surface area contributed by atoms with Crippen molar-refractivity contribution in [1.29, 1.82) is 0 Å². The second kappa shape index (κ2) is 6.96. The number of aromatic nitrogens is 3. The van der Waals surface area contributed by atoms with E-state index < -0.39 is 0 Å². The fourth-order valence-electron chi connectivity index (χ4n) is 2.88. The number of anilines is 1. The van der Waals surface area contributed by atoms with Gasteiger partial charge in [0, 0.05) is 30.4 Å². The molecule has 0 bridgehead atoms. The van der Waals surface area contributed by atoms with Crippen molar-refractivity contribution in [2.75, 3.05) is 4.90 Å². The third-order valence-electron chi connectivity index (χ3n) is 3.95. The highest BCUT2D eigenvalue weighted by Gasteiger charge is 2.30. The Labute approximate surface area is 134 Å². The van der Waals surface area contributed by atoms with Gasteiger partial charge >= 0.3 is 0 Å². The Morgan fingerprint density at radius 1 is 1.36 bits per heavy atom. The molecule has 0 unspecified atom stereocenters. The van der Waals surface area contributed by atoms with Gasteiger partial charge < -0.3 is 0 Å². The number of rotatable bonds is 5. The molecule has 22 heavy (non-hydrogen) atoms. The number of carbonyl (C=O) groups excluding carboxylic acids is 1. The molecule has 0 aromatic carbocycles. The summed E-state index contributed by atoms with van der Waals surface area (Å²) < 4.78 is 0. The molecule has 0 aliphatic heterocycles. The number of hydrogen-bond acceptors (Lipinski definition) is 5. The topological polar surface area (TPSA) is 59.0 Å². The zero-order valence-corrected chi connectivity index (χ0v) is 13.6. The molecule has 2 aromatic heterocycles. The Morgan fingerprint density at radius 3 is 2.86 bits per heavy atom. The van der Waals surface area contributed by atoms with Crippen molar-refractivity contribution in [2.45, 2.75) is 51.5 Å². The smallest absolute Gasteiger partial charge is 0.229 e. The van der Waals surface area contributed by atoms with Crippen molar-refractivity contribution in [1.82, 2.24) is 15.2 Å². The van der Waals surface area contributed by atoms with Crippen LogP contribution in [0.1, 0.15) is 45.4 Å². The van der Waals surface area contributed by atoms with Gasteiger partial charge in [0.05, 0.1) is 0 Å². The van der Waals surface area contributed by atoms with Gasteiger partial charge in [-0.05, 0) is 31.4 Å². The van der Waals surface area contributed by atoms with Gasteiger partial charge in [-0.2, -0.15) is 0 Å². The maximum atomic E-state index is 12.5. The van der Waals surface area contributed by atoms with E-state index in [9.17, 15) is 4.79 Å². The van der Waals surface area contributed by atoms with Crippen molar-refractivity contribution in [2.24, 2.45) is 0 Å². The van der Waals surface area contributed by atoms with Crippen LogP contribution >= 0.6 is 11.3 Å². The maximum absolute atomic E-state index is 12.5. The van der Waals surface area contributed by atoms with Crippen LogP contribution in [-0.2, 0) is 4.79 Å². The first-order chi connectivity index (χ1) is 10.8. The Bertz CT molecular complexity index is 622. The molecule has 1 aliphatic carbocycles. The minimum atomic E-state index is 0.170. The molecule has 5 nitrogen and oxygen atoms in total. The van der Waals surface area contributed by atoms with Gasteiger partial charge in [0.15, 0.2) is 5.01 Å². The molecule has 0 spiro atoms. The molecule has 116 valence electrons. The first-order valence-corrected chi connectivity index (χ1v) is 8.67. The van der Waals surface area contributed by atoms with Crippen LogP contribution < -0.4 is 4.90 Å². The lowest BCUT2D eigenvalue weighted by Crippen LogP contribution is -2.38. The van der Waals surface area contributed by atoms with Gasteiger partial charge in [-0.25, -0.2) is 0 Å². The highest BCUT2D eigenvalue weighted by atomic mass is 32.1. The third-order valence-corrected chi connectivity index (χ3v) is 4.92. The molecular weight excluding hydrogens is 296 g/mol. The summed E-state index contributed by atoms with van der Waals surface area (Å²) in [6.45, 7) is 2.03. The van der Waals surface area contributed by atoms with Crippen LogP contribution in [0, 0.1) is 0 Å². The summed E-state index contributed by atoms with van der Waals surface area (Å²) in [7, 11) is 0. The summed E-state index contributed by atoms with van der Waals surface area (Å²) in [5.74, 6) is 0.170. The molecule has 1 aliphatic rings. The molecule has 1 fully saturated rings. The maximum Gasteiger partial charge on any atom is 0.229 e. The van der Waals surface area contributed by atoms with E-state index in [1.807, 2.05) is 24.0 Å². The highest BCUT2D eigenvalue weighted by molar-refractivity contribution is 7.18. The Kier molecular flexibility index (Phi) is 4.77. The van der Waals surface area contributed by atoms with Crippen molar-refractivity contribution in [3.63, 3.8) is 0 Å². The highest BCUT2D eigenvalue weighted by Crippen LogP contribution is 2.33. The molecule has 0 N–H and O–H groups in total. The Morgan fingerprint density at radius 2 is 2.18 bits per heavy atom. The Balaban J connectivity index is 1.88. The van der Waals surface area contributed by atoms with Gasteiger partial charge in [-0.3, -0.25) is 14.7 Å². The van der Waals surface area contributed by atoms with Gasteiger partial charge in [-0.15, -0.1) is 10.2 Å². The van der Waals surface area contributed by atoms with E-state index >= 15 is 0 Å². The molecule has 0 radical (unpaired) electrons. The van der Waals surface area contributed by atoms with Crippen LogP contribution in [0.2, 0.25) is 0 Å². The van der Waals surface area contributed by atoms with E-state index in [4.69, 9.17) is 0 Å². The molecule has 3 rings (SSSR count). The van der Waals surface area contributed by atoms with Gasteiger partial charge in [0.25, 0.3) is 0 Å². The minimum absolute atomic E-state index is 0.170. The fourth-order valence-corrected chi connectivity index (χ4v) is 3.81. The summed E-state index contributed by atoms with van der Waals surface area (Å²) in [5.41, 5.74) is 0.945. The number of pyridine rings is 1. The SMILES string of the molecule is CCCC(=O)N(c1nnc(-c2cccnc2)s1)C1CCCC1. The summed E-state index contributed by atoms with van der Waals surface area (Å²) >= 11 is 1.48. The van der Waals surface area contributed by atoms with Crippen LogP contribution in [0.25, 0.3) is 10.6 Å². The van der Waals surface area contributed by atoms with Crippen molar-refractivity contribution in [3.8, 4) is 10.6 Å². The first-order valence-electron chi connectivity index (χ1n) is 7.85. The predicted octanol–water partition coefficient (Wildman–Crippen LogP) is 3.68. The molecular formula is C16H20N4OS. The zero-order valence-electron chi connectivity index (χ0n) is 12.7. The average molecular weight is 316 g/mol. The average Bonchev–Trinajstić information content (AvgIpc) is 3.21. The monoisotopic (exact) mass is 316 g/mol. The van der Waals surface area contributed by atoms with Crippen molar-refractivity contribution in [3.05, 3.63) is 24.5 Å². The van der Waals surface area contributed by atoms with E-state index in [-0.39, 0.29) is 11.9 Å². The number of amides is 1. The molecule has 0 atom stereocenters. The number of nitrogens with zero attached hydrogens (tertiary/aromatic N) is 4. The van der Waals surface area contributed by atoms with Gasteiger partial charge in [0.1, 0.15) is 0 Å². The zero-order chi connectivity index (χ0) is 15.4. The minimum Gasteiger partial charge on any atom is -0.284 e. The summed E-state index contributed by atoms with van der Waals surface area (Å²) in [6, 6.07) is 4.13. The molecule has 1 saturated carbocycles. The fraction of sp³-hybridized carbons (Fsp3) is 0.500. The second-order valence-electron chi connectivity index (χ2n) is 5.58. The quantitative estimate of drug-likeness (QED) is 0.844. The molecule has 6 heteroatoms. The lowest BCUT2D eigenvalue weighted by atomic mass is 10.2. The number of carbonyl (C=O) groups is 1. The van der Waals surface area contributed by atoms with Crippen LogP contribution in [-0.4, -0.2) is 27.1 Å². The molecule has 2 aromatic rings. The predicted molar refractivity (Wildman–Crippen MR) is 87.8 cm³/mol. The lowest BCUT2D eigenvalue weighted by Gasteiger charge is -2.25. The van der Waals surface area contributed by atoms with Crippen LogP contribution in [0.3, 0.4) is 0 Å². The van der Waals surface area contributed by atoms with Crippen molar-refractivity contribution >= 4 is 22.4 Å². The van der Waals surface area contributed by atoms with Gasteiger partial charge in [-0.1, -0.05) is 31.1 Å². The molecule has 0 saturated heterocycles. The van der Waals surface area contributed by atoms with Gasteiger partial charge in [0.2, 0.25) is 11.0 Å². The molecule has 1 amide bonds. The summed E-state index contributed by atoms with van der Waals surface area (Å²) in [4.78, 5) is 18.5. The molecule has 2 heterocycles. The normalized spacial score (nSPS) is 15.1. The van der Waals surface area contributed by atoms with E-state index in [0.29, 0.717) is 6.42 Å². The largest absolute Gasteiger partial charge is 0.284 e. The van der Waals surface area contributed by atoms with E-state index in [0.717, 1.165) is 35.0 Å². The lowest BCUT2D eigenvalue weighted by molar-refractivity contribution is -0.119. The standard InChI is InChI=1S/C16H20N4OS/c1-2-6-14(21)20(13-8-3-4-9-13)16-19-18-15(22-16)12-7-5-10-17-11-12/h5,7,10-11,13H,2-4,6,8-9H2,1H3. The van der Waals surface area contributed by atoms with E-state index in [1.54, 1.807) is 12.4 Å². The summed E-state index contributed by atoms with van der Waals surface area (Å²) in [5, 5.41) is 10.1. The Hall–Kier alpha value is -1.82. The second-order valence-corrected chi connectivity index (χ2v) is 6.54. The van der Waals surface area contributed by atoms with E-state index in [2.05, 4.69) is 15.2 Å². The summed E-state index contributed by atoms with van der Waals surface area (Å²) in [6.07, 6.45) is 9.45. The van der Waals surface area contributed by atoms with Crippen LogP contribution in [0.15, 0.2) is 24.5 Å². The first kappa shape index (κ1) is 15.1. The number of hydrogen-bond donors (Lipinski definition) is 0. The van der Waals surface area contributed by atoms with Crippen LogP contribution in [0.5, 0.6) is 0 Å². The van der Waals surface area contributed by atoms with Crippen LogP contribution in [0.4, 0.5) is 5.13 Å². The third kappa shape index (κ3) is 3.16.